The molecule has 19 heavy (non-hydrogen) atoms. The highest BCUT2D eigenvalue weighted by atomic mass is 16.3. The van der Waals surface area contributed by atoms with Gasteiger partial charge in [-0.3, -0.25) is 4.90 Å². The molecule has 3 rings (SSSR count). The molecule has 0 saturated carbocycles. The monoisotopic (exact) mass is 259 g/mol. The van der Waals surface area contributed by atoms with Crippen LogP contribution in [0.2, 0.25) is 0 Å². The van der Waals surface area contributed by atoms with E-state index in [4.69, 9.17) is 0 Å². The minimum absolute atomic E-state index is 0.346. The summed E-state index contributed by atoms with van der Waals surface area (Å²) in [5, 5.41) is 10.8. The van der Waals surface area contributed by atoms with E-state index in [-0.39, 0.29) is 0 Å². The van der Waals surface area contributed by atoms with Crippen LogP contribution in [-0.4, -0.2) is 52.7 Å². The van der Waals surface area contributed by atoms with Gasteiger partial charge in [0.1, 0.15) is 5.75 Å². The summed E-state index contributed by atoms with van der Waals surface area (Å²) >= 11 is 0. The van der Waals surface area contributed by atoms with Gasteiger partial charge in [-0.25, -0.2) is 0 Å². The Labute approximate surface area is 113 Å². The summed E-state index contributed by atoms with van der Waals surface area (Å²) in [6.07, 6.45) is 2.18. The third-order valence-corrected chi connectivity index (χ3v) is 4.05. The van der Waals surface area contributed by atoms with E-state index < -0.39 is 0 Å². The van der Waals surface area contributed by atoms with Crippen molar-refractivity contribution in [2.24, 2.45) is 7.05 Å². The molecule has 1 aliphatic heterocycles. The van der Waals surface area contributed by atoms with Crippen molar-refractivity contribution >= 4 is 10.9 Å². The smallest absolute Gasteiger partial charge is 0.116 e. The Morgan fingerprint density at radius 3 is 2.58 bits per heavy atom. The minimum atomic E-state index is 0.346. The van der Waals surface area contributed by atoms with Crippen LogP contribution in [-0.2, 0) is 13.6 Å². The molecule has 1 aliphatic rings. The molecule has 0 spiro atoms. The molecule has 0 radical (unpaired) electrons. The third kappa shape index (κ3) is 2.46. The molecule has 0 amide bonds. The van der Waals surface area contributed by atoms with E-state index in [0.29, 0.717) is 5.75 Å². The molecule has 1 N–H and O–H groups in total. The second kappa shape index (κ2) is 4.87. The van der Waals surface area contributed by atoms with Crippen molar-refractivity contribution in [3.05, 3.63) is 30.0 Å². The van der Waals surface area contributed by atoms with Gasteiger partial charge in [-0.15, -0.1) is 0 Å². The number of aromatic hydroxyl groups is 1. The molecule has 1 aromatic carbocycles. The zero-order chi connectivity index (χ0) is 13.4. The Balaban J connectivity index is 1.86. The predicted octanol–water partition coefficient (Wildman–Crippen LogP) is 1.63. The summed E-state index contributed by atoms with van der Waals surface area (Å²) < 4.78 is 2.14. The number of aromatic nitrogens is 1. The first-order valence-corrected chi connectivity index (χ1v) is 6.81. The van der Waals surface area contributed by atoms with Gasteiger partial charge < -0.3 is 14.6 Å². The molecule has 0 bridgehead atoms. The van der Waals surface area contributed by atoms with Crippen LogP contribution in [0, 0.1) is 0 Å². The topological polar surface area (TPSA) is 31.6 Å². The first kappa shape index (κ1) is 12.5. The van der Waals surface area contributed by atoms with Crippen molar-refractivity contribution in [2.45, 2.75) is 6.54 Å². The van der Waals surface area contributed by atoms with E-state index >= 15 is 0 Å². The van der Waals surface area contributed by atoms with Gasteiger partial charge in [0.25, 0.3) is 0 Å². The van der Waals surface area contributed by atoms with E-state index in [1.165, 1.54) is 16.5 Å². The maximum atomic E-state index is 9.68. The highest BCUT2D eigenvalue weighted by Crippen LogP contribution is 2.26. The molecule has 4 nitrogen and oxygen atoms in total. The minimum Gasteiger partial charge on any atom is -0.508 e. The summed E-state index contributed by atoms with van der Waals surface area (Å²) in [6.45, 7) is 5.47. The van der Waals surface area contributed by atoms with E-state index in [1.54, 1.807) is 6.07 Å². The van der Waals surface area contributed by atoms with Gasteiger partial charge in [-0.1, -0.05) is 0 Å². The van der Waals surface area contributed by atoms with Crippen LogP contribution in [0.3, 0.4) is 0 Å². The lowest BCUT2D eigenvalue weighted by atomic mass is 10.1. The number of nitrogens with zero attached hydrogens (tertiary/aromatic N) is 3. The molecule has 4 heteroatoms. The number of phenols is 1. The van der Waals surface area contributed by atoms with Crippen molar-refractivity contribution < 1.29 is 5.11 Å². The maximum Gasteiger partial charge on any atom is 0.116 e. The molecular weight excluding hydrogens is 238 g/mol. The summed E-state index contributed by atoms with van der Waals surface area (Å²) in [4.78, 5) is 4.85. The van der Waals surface area contributed by atoms with Crippen LogP contribution >= 0.6 is 0 Å². The van der Waals surface area contributed by atoms with E-state index in [9.17, 15) is 5.11 Å². The van der Waals surface area contributed by atoms with Crippen LogP contribution in [0.1, 0.15) is 5.56 Å². The van der Waals surface area contributed by atoms with Crippen molar-refractivity contribution in [2.75, 3.05) is 33.2 Å². The van der Waals surface area contributed by atoms with Crippen molar-refractivity contribution in [3.63, 3.8) is 0 Å². The van der Waals surface area contributed by atoms with Gasteiger partial charge in [0.05, 0.1) is 0 Å². The number of piperazine rings is 1. The van der Waals surface area contributed by atoms with Crippen molar-refractivity contribution in [1.29, 1.82) is 0 Å². The average Bonchev–Trinajstić information content (AvgIpc) is 2.69. The van der Waals surface area contributed by atoms with Crippen molar-refractivity contribution in [3.8, 4) is 5.75 Å². The van der Waals surface area contributed by atoms with Crippen molar-refractivity contribution in [1.82, 2.24) is 14.4 Å². The van der Waals surface area contributed by atoms with Gasteiger partial charge in [-0.2, -0.15) is 0 Å². The SMILES string of the molecule is CN1CCN(Cc2cn(C)c3ccc(O)cc23)CC1. The Kier molecular flexibility index (Phi) is 3.21. The maximum absolute atomic E-state index is 9.68. The lowest BCUT2D eigenvalue weighted by Gasteiger charge is -2.32. The Morgan fingerprint density at radius 2 is 1.84 bits per heavy atom. The Hall–Kier alpha value is -1.52. The Bertz CT molecular complexity index is 582. The van der Waals surface area contributed by atoms with Crippen LogP contribution in [0.15, 0.2) is 24.4 Å². The number of rotatable bonds is 2. The number of hydrogen-bond acceptors (Lipinski definition) is 3. The molecular formula is C15H21N3O. The Morgan fingerprint density at radius 1 is 1.11 bits per heavy atom. The molecule has 1 saturated heterocycles. The standard InChI is InChI=1S/C15H21N3O/c1-16-5-7-18(8-6-16)11-12-10-17(2)15-4-3-13(19)9-14(12)15/h3-4,9-10,19H,5-8,11H2,1-2H3. The lowest BCUT2D eigenvalue weighted by molar-refractivity contribution is 0.148. The number of likely N-dealkylation sites (N-methyl/N-ethyl adjacent to an activating group) is 1. The third-order valence-electron chi connectivity index (χ3n) is 4.05. The highest BCUT2D eigenvalue weighted by molar-refractivity contribution is 5.85. The quantitative estimate of drug-likeness (QED) is 0.889. The summed E-state index contributed by atoms with van der Waals surface area (Å²) in [5.41, 5.74) is 2.49. The molecule has 1 fully saturated rings. The second-order valence-electron chi connectivity index (χ2n) is 5.55. The van der Waals surface area contributed by atoms with Gasteiger partial charge in [0.15, 0.2) is 0 Å². The highest BCUT2D eigenvalue weighted by Gasteiger charge is 2.16. The van der Waals surface area contributed by atoms with Gasteiger partial charge >= 0.3 is 0 Å². The number of aryl methyl sites for hydroxylation is 1. The van der Waals surface area contributed by atoms with Gasteiger partial charge in [-0.05, 0) is 30.8 Å². The van der Waals surface area contributed by atoms with E-state index in [1.807, 2.05) is 12.1 Å². The van der Waals surface area contributed by atoms with Crippen LogP contribution in [0.4, 0.5) is 0 Å². The summed E-state index contributed by atoms with van der Waals surface area (Å²) in [7, 11) is 4.24. The van der Waals surface area contributed by atoms with E-state index in [2.05, 4.69) is 34.7 Å². The number of hydrogen-bond donors (Lipinski definition) is 1. The molecule has 1 aromatic heterocycles. The predicted molar refractivity (Wildman–Crippen MR) is 77.4 cm³/mol. The average molecular weight is 259 g/mol. The fourth-order valence-electron chi connectivity index (χ4n) is 2.83. The van der Waals surface area contributed by atoms with Crippen LogP contribution in [0.5, 0.6) is 5.75 Å². The molecule has 0 aliphatic carbocycles. The molecule has 2 aromatic rings. The normalized spacial score (nSPS) is 18.2. The number of benzene rings is 1. The molecule has 102 valence electrons. The second-order valence-corrected chi connectivity index (χ2v) is 5.55. The van der Waals surface area contributed by atoms with E-state index in [0.717, 1.165) is 32.7 Å². The lowest BCUT2D eigenvalue weighted by Crippen LogP contribution is -2.43. The zero-order valence-corrected chi connectivity index (χ0v) is 11.6. The fraction of sp³-hybridized carbons (Fsp3) is 0.467. The molecule has 0 unspecified atom stereocenters. The molecule has 2 heterocycles. The largest absolute Gasteiger partial charge is 0.508 e. The summed E-state index contributed by atoms with van der Waals surface area (Å²) in [5.74, 6) is 0.346. The fourth-order valence-corrected chi connectivity index (χ4v) is 2.83. The first-order chi connectivity index (χ1) is 9.13. The first-order valence-electron chi connectivity index (χ1n) is 6.81. The van der Waals surface area contributed by atoms with Crippen LogP contribution < -0.4 is 0 Å². The van der Waals surface area contributed by atoms with Crippen LogP contribution in [0.25, 0.3) is 10.9 Å². The van der Waals surface area contributed by atoms with Gasteiger partial charge in [0, 0.05) is 56.9 Å². The zero-order valence-electron chi connectivity index (χ0n) is 11.6. The summed E-state index contributed by atoms with van der Waals surface area (Å²) in [6, 6.07) is 5.61. The molecule has 0 atom stereocenters. The number of fused-ring (bicyclic) bond motifs is 1. The van der Waals surface area contributed by atoms with Gasteiger partial charge in [0.2, 0.25) is 0 Å². The number of phenolic OH excluding ortho intramolecular Hbond substituents is 1.